The second-order valence-electron chi connectivity index (χ2n) is 6.96. The molecule has 2 amide bonds. The molecule has 2 aromatic carbocycles. The molecule has 0 saturated carbocycles. The zero-order valence-electron chi connectivity index (χ0n) is 17.0. The average Bonchev–Trinajstić information content (AvgIpc) is 2.72. The van der Waals surface area contributed by atoms with Crippen LogP contribution in [0.3, 0.4) is 0 Å². The number of nitrogens with zero attached hydrogens (tertiary/aromatic N) is 1. The average molecular weight is 386 g/mol. The van der Waals surface area contributed by atoms with Gasteiger partial charge < -0.3 is 24.8 Å². The smallest absolute Gasteiger partial charge is 0.318 e. The van der Waals surface area contributed by atoms with Gasteiger partial charge in [-0.2, -0.15) is 0 Å². The highest BCUT2D eigenvalue weighted by atomic mass is 16.5. The zero-order chi connectivity index (χ0) is 20.5. The summed E-state index contributed by atoms with van der Waals surface area (Å²) in [7, 11) is 3.16. The van der Waals surface area contributed by atoms with Crippen molar-refractivity contribution in [2.75, 3.05) is 20.8 Å². The van der Waals surface area contributed by atoms with Crippen LogP contribution >= 0.6 is 0 Å². The Kier molecular flexibility index (Phi) is 8.14. The van der Waals surface area contributed by atoms with Crippen molar-refractivity contribution in [3.63, 3.8) is 0 Å². The molecule has 152 valence electrons. The van der Waals surface area contributed by atoms with Gasteiger partial charge in [0, 0.05) is 13.1 Å². The summed E-state index contributed by atoms with van der Waals surface area (Å²) in [6.45, 7) is 4.69. The Bertz CT molecular complexity index is 749. The Hall–Kier alpha value is -2.73. The minimum Gasteiger partial charge on any atom is -0.493 e. The summed E-state index contributed by atoms with van der Waals surface area (Å²) in [5.41, 5.74) is 1.92. The van der Waals surface area contributed by atoms with Crippen LogP contribution in [0.2, 0.25) is 0 Å². The van der Waals surface area contributed by atoms with Gasteiger partial charge >= 0.3 is 6.03 Å². The number of carbonyl (C=O) groups excluding carboxylic acids is 1. The lowest BCUT2D eigenvalue weighted by Crippen LogP contribution is -2.49. The number of methoxy groups -OCH3 is 2. The number of carbonyl (C=O) groups is 1. The molecule has 0 aliphatic heterocycles. The molecule has 28 heavy (non-hydrogen) atoms. The lowest BCUT2D eigenvalue weighted by Gasteiger charge is -2.33. The van der Waals surface area contributed by atoms with Gasteiger partial charge in [-0.25, -0.2) is 4.79 Å². The Morgan fingerprint density at radius 1 is 1.04 bits per heavy atom. The molecule has 0 aromatic heterocycles. The molecule has 0 heterocycles. The third-order valence-corrected chi connectivity index (χ3v) is 4.71. The molecule has 0 radical (unpaired) electrons. The van der Waals surface area contributed by atoms with Crippen molar-refractivity contribution in [2.24, 2.45) is 5.92 Å². The van der Waals surface area contributed by atoms with Gasteiger partial charge in [0.2, 0.25) is 0 Å². The van der Waals surface area contributed by atoms with Crippen molar-refractivity contribution in [2.45, 2.75) is 33.0 Å². The van der Waals surface area contributed by atoms with Gasteiger partial charge in [-0.15, -0.1) is 0 Å². The number of urea groups is 1. The summed E-state index contributed by atoms with van der Waals surface area (Å²) in [5.74, 6) is 1.38. The van der Waals surface area contributed by atoms with Crippen LogP contribution in [0.1, 0.15) is 25.0 Å². The quantitative estimate of drug-likeness (QED) is 0.693. The lowest BCUT2D eigenvalue weighted by molar-refractivity contribution is 0.103. The first-order valence-electron chi connectivity index (χ1n) is 9.40. The van der Waals surface area contributed by atoms with E-state index in [2.05, 4.69) is 5.32 Å². The molecule has 0 aliphatic carbocycles. The van der Waals surface area contributed by atoms with Crippen LogP contribution in [0.4, 0.5) is 4.79 Å². The number of amides is 2. The molecule has 1 atom stereocenters. The standard InChI is InChI=1S/C22H30N2O4/c1-16(2)19(15-25)24(14-17-8-6-5-7-9-17)22(26)23-13-18-10-11-20(27-3)21(12-18)28-4/h5-12,16,19,25H,13-15H2,1-4H3,(H,23,26). The summed E-state index contributed by atoms with van der Waals surface area (Å²) in [6, 6.07) is 14.8. The van der Waals surface area contributed by atoms with Crippen molar-refractivity contribution in [3.05, 3.63) is 59.7 Å². The summed E-state index contributed by atoms with van der Waals surface area (Å²) >= 11 is 0. The summed E-state index contributed by atoms with van der Waals surface area (Å²) in [5, 5.41) is 12.8. The number of rotatable bonds is 9. The molecular formula is C22H30N2O4. The zero-order valence-corrected chi connectivity index (χ0v) is 17.0. The fourth-order valence-electron chi connectivity index (χ4n) is 3.06. The van der Waals surface area contributed by atoms with Crippen LogP contribution in [-0.2, 0) is 13.1 Å². The van der Waals surface area contributed by atoms with Crippen LogP contribution in [0.25, 0.3) is 0 Å². The maximum absolute atomic E-state index is 13.0. The fraction of sp³-hybridized carbons (Fsp3) is 0.409. The van der Waals surface area contributed by atoms with E-state index in [1.165, 1.54) is 0 Å². The maximum atomic E-state index is 13.0. The first-order valence-corrected chi connectivity index (χ1v) is 9.40. The van der Waals surface area contributed by atoms with Crippen molar-refractivity contribution < 1.29 is 19.4 Å². The fourth-order valence-corrected chi connectivity index (χ4v) is 3.06. The van der Waals surface area contributed by atoms with E-state index < -0.39 is 0 Å². The normalized spacial score (nSPS) is 11.8. The molecule has 0 aliphatic rings. The van der Waals surface area contributed by atoms with E-state index in [9.17, 15) is 9.90 Å². The number of hydrogen-bond donors (Lipinski definition) is 2. The Labute approximate surface area is 167 Å². The molecule has 6 nitrogen and oxygen atoms in total. The molecule has 6 heteroatoms. The molecule has 1 unspecified atom stereocenters. The monoisotopic (exact) mass is 386 g/mol. The summed E-state index contributed by atoms with van der Waals surface area (Å²) < 4.78 is 10.6. The van der Waals surface area contributed by atoms with Gasteiger partial charge in [0.15, 0.2) is 11.5 Å². The number of ether oxygens (including phenoxy) is 2. The molecule has 0 saturated heterocycles. The van der Waals surface area contributed by atoms with Crippen LogP contribution in [0.5, 0.6) is 11.5 Å². The second kappa shape index (κ2) is 10.6. The molecule has 0 fully saturated rings. The van der Waals surface area contributed by atoms with Gasteiger partial charge in [-0.1, -0.05) is 50.2 Å². The largest absolute Gasteiger partial charge is 0.493 e. The first kappa shape index (κ1) is 21.6. The SMILES string of the molecule is COc1ccc(CNC(=O)N(Cc2ccccc2)C(CO)C(C)C)cc1OC. The number of benzene rings is 2. The Morgan fingerprint density at radius 2 is 1.71 bits per heavy atom. The van der Waals surface area contributed by atoms with E-state index in [-0.39, 0.29) is 24.6 Å². The second-order valence-corrected chi connectivity index (χ2v) is 6.96. The predicted octanol–water partition coefficient (Wildman–Crippen LogP) is 3.43. The van der Waals surface area contributed by atoms with Gasteiger partial charge in [-0.3, -0.25) is 0 Å². The third-order valence-electron chi connectivity index (χ3n) is 4.71. The minimum absolute atomic E-state index is 0.0890. The molecule has 2 rings (SSSR count). The van der Waals surface area contributed by atoms with E-state index in [0.29, 0.717) is 24.6 Å². The van der Waals surface area contributed by atoms with Gasteiger partial charge in [0.25, 0.3) is 0 Å². The first-order chi connectivity index (χ1) is 13.5. The number of hydrogen-bond acceptors (Lipinski definition) is 4. The topological polar surface area (TPSA) is 71.0 Å². The predicted molar refractivity (Wildman–Crippen MR) is 109 cm³/mol. The number of aliphatic hydroxyl groups excluding tert-OH is 1. The van der Waals surface area contributed by atoms with Gasteiger partial charge in [-0.05, 0) is 29.2 Å². The van der Waals surface area contributed by atoms with Crippen LogP contribution < -0.4 is 14.8 Å². The van der Waals surface area contributed by atoms with E-state index in [1.54, 1.807) is 19.1 Å². The molecule has 2 aromatic rings. The van der Waals surface area contributed by atoms with Crippen molar-refractivity contribution in [1.29, 1.82) is 0 Å². The number of nitrogens with one attached hydrogen (secondary N) is 1. The van der Waals surface area contributed by atoms with Crippen molar-refractivity contribution in [3.8, 4) is 11.5 Å². The van der Waals surface area contributed by atoms with Crippen LogP contribution in [0, 0.1) is 5.92 Å². The summed E-state index contributed by atoms with van der Waals surface area (Å²) in [6.07, 6.45) is 0. The lowest BCUT2D eigenvalue weighted by atomic mass is 10.0. The van der Waals surface area contributed by atoms with Crippen LogP contribution in [-0.4, -0.2) is 42.9 Å². The summed E-state index contributed by atoms with van der Waals surface area (Å²) in [4.78, 5) is 14.6. The van der Waals surface area contributed by atoms with Gasteiger partial charge in [0.1, 0.15) is 0 Å². The minimum atomic E-state index is -0.273. The van der Waals surface area contributed by atoms with Crippen molar-refractivity contribution in [1.82, 2.24) is 10.2 Å². The van der Waals surface area contributed by atoms with Crippen molar-refractivity contribution >= 4 is 6.03 Å². The number of aliphatic hydroxyl groups is 1. The van der Waals surface area contributed by atoms with Crippen LogP contribution in [0.15, 0.2) is 48.5 Å². The van der Waals surface area contributed by atoms with E-state index in [4.69, 9.17) is 9.47 Å². The molecule has 2 N–H and O–H groups in total. The Balaban J connectivity index is 2.13. The van der Waals surface area contributed by atoms with E-state index in [1.807, 2.05) is 62.4 Å². The van der Waals surface area contributed by atoms with E-state index >= 15 is 0 Å². The molecule has 0 spiro atoms. The Morgan fingerprint density at radius 3 is 2.29 bits per heavy atom. The maximum Gasteiger partial charge on any atom is 0.318 e. The molecule has 0 bridgehead atoms. The highest BCUT2D eigenvalue weighted by Gasteiger charge is 2.26. The van der Waals surface area contributed by atoms with Gasteiger partial charge in [0.05, 0.1) is 26.9 Å². The highest BCUT2D eigenvalue weighted by molar-refractivity contribution is 5.74. The highest BCUT2D eigenvalue weighted by Crippen LogP contribution is 2.27. The van der Waals surface area contributed by atoms with E-state index in [0.717, 1.165) is 11.1 Å². The third kappa shape index (κ3) is 5.63. The molecular weight excluding hydrogens is 356 g/mol.